The molecule has 0 aliphatic heterocycles. The van der Waals surface area contributed by atoms with Crippen LogP contribution >= 0.6 is 0 Å². The fourth-order valence-electron chi connectivity index (χ4n) is 2.52. The summed E-state index contributed by atoms with van der Waals surface area (Å²) in [5, 5.41) is 0. The summed E-state index contributed by atoms with van der Waals surface area (Å²) in [4.78, 5) is 11.1. The highest BCUT2D eigenvalue weighted by atomic mass is 16.5. The van der Waals surface area contributed by atoms with E-state index >= 15 is 0 Å². The van der Waals surface area contributed by atoms with Crippen LogP contribution in [-0.4, -0.2) is 12.9 Å². The van der Waals surface area contributed by atoms with Crippen LogP contribution < -0.4 is 10.5 Å². The molecule has 0 saturated heterocycles. The summed E-state index contributed by atoms with van der Waals surface area (Å²) >= 11 is 0. The van der Waals surface area contributed by atoms with Crippen molar-refractivity contribution in [3.63, 3.8) is 0 Å². The zero-order valence-electron chi connectivity index (χ0n) is 17.9. The average Bonchev–Trinajstić information content (AvgIpc) is 2.64. The van der Waals surface area contributed by atoms with Gasteiger partial charge in [-0.3, -0.25) is 0 Å². The molecule has 1 unspecified atom stereocenters. The van der Waals surface area contributed by atoms with Crippen LogP contribution in [0, 0.1) is 6.92 Å². The molecule has 0 saturated carbocycles. The summed E-state index contributed by atoms with van der Waals surface area (Å²) in [5.41, 5.74) is 8.89. The van der Waals surface area contributed by atoms with E-state index in [2.05, 4.69) is 27.7 Å². The minimum Gasteiger partial charge on any atom is -0.497 e. The van der Waals surface area contributed by atoms with Crippen molar-refractivity contribution in [2.45, 2.75) is 66.2 Å². The van der Waals surface area contributed by atoms with E-state index in [-0.39, 0.29) is 5.78 Å². The van der Waals surface area contributed by atoms with E-state index < -0.39 is 0 Å². The van der Waals surface area contributed by atoms with Crippen molar-refractivity contribution < 1.29 is 9.53 Å². The number of nitrogens with two attached hydrogens (primary N) is 1. The van der Waals surface area contributed by atoms with Gasteiger partial charge in [-0.2, -0.15) is 0 Å². The van der Waals surface area contributed by atoms with Gasteiger partial charge in [-0.05, 0) is 56.0 Å². The lowest BCUT2D eigenvalue weighted by Gasteiger charge is -2.15. The van der Waals surface area contributed by atoms with Gasteiger partial charge in [0.25, 0.3) is 0 Å². The average molecular weight is 372 g/mol. The second kappa shape index (κ2) is 14.8. The molecule has 27 heavy (non-hydrogen) atoms. The summed E-state index contributed by atoms with van der Waals surface area (Å²) in [7, 11) is 1.67. The first-order valence-corrected chi connectivity index (χ1v) is 9.83. The number of anilines is 1. The summed E-state index contributed by atoms with van der Waals surface area (Å²) in [6, 6.07) is 15.8. The zero-order chi connectivity index (χ0) is 20.7. The first-order chi connectivity index (χ1) is 12.9. The molecule has 0 spiro atoms. The van der Waals surface area contributed by atoms with E-state index in [4.69, 9.17) is 10.5 Å². The molecule has 0 radical (unpaired) electrons. The van der Waals surface area contributed by atoms with Crippen LogP contribution in [0.3, 0.4) is 0 Å². The predicted octanol–water partition coefficient (Wildman–Crippen LogP) is 6.55. The van der Waals surface area contributed by atoms with Crippen molar-refractivity contribution in [3.05, 3.63) is 59.7 Å². The van der Waals surface area contributed by atoms with Gasteiger partial charge in [-0.25, -0.2) is 0 Å². The summed E-state index contributed by atoms with van der Waals surface area (Å²) in [6.07, 6.45) is 4.05. The van der Waals surface area contributed by atoms with Crippen molar-refractivity contribution in [3.8, 4) is 5.75 Å². The Balaban J connectivity index is 0.000000477. The smallest absolute Gasteiger partial charge is 0.130 e. The van der Waals surface area contributed by atoms with Crippen LogP contribution in [-0.2, 0) is 4.79 Å². The highest BCUT2D eigenvalue weighted by molar-refractivity contribution is 5.76. The maximum atomic E-state index is 11.1. The zero-order valence-corrected chi connectivity index (χ0v) is 17.9. The highest BCUT2D eigenvalue weighted by Gasteiger charge is 2.12. The van der Waals surface area contributed by atoms with Crippen LogP contribution in [0.15, 0.2) is 48.5 Å². The van der Waals surface area contributed by atoms with Gasteiger partial charge < -0.3 is 15.3 Å². The second-order valence-electron chi connectivity index (χ2n) is 6.78. The Labute approximate surface area is 165 Å². The van der Waals surface area contributed by atoms with E-state index in [1.807, 2.05) is 48.5 Å². The lowest BCUT2D eigenvalue weighted by Crippen LogP contribution is -2.04. The quantitative estimate of drug-likeness (QED) is 0.586. The molecule has 0 fully saturated rings. The van der Waals surface area contributed by atoms with E-state index in [0.29, 0.717) is 12.3 Å². The van der Waals surface area contributed by atoms with Crippen molar-refractivity contribution in [2.75, 3.05) is 12.8 Å². The van der Waals surface area contributed by atoms with Crippen LogP contribution in [0.2, 0.25) is 0 Å². The molecule has 0 aliphatic rings. The van der Waals surface area contributed by atoms with E-state index in [0.717, 1.165) is 24.3 Å². The minimum atomic E-state index is 0.255. The lowest BCUT2D eigenvalue weighted by atomic mass is 9.90. The number of aryl methyl sites for hydroxylation is 1. The largest absolute Gasteiger partial charge is 0.497 e. The van der Waals surface area contributed by atoms with Gasteiger partial charge in [0.15, 0.2) is 0 Å². The monoisotopic (exact) mass is 371 g/mol. The van der Waals surface area contributed by atoms with E-state index in [1.165, 1.54) is 17.5 Å². The molecule has 2 rings (SSSR count). The van der Waals surface area contributed by atoms with E-state index in [1.54, 1.807) is 14.0 Å². The van der Waals surface area contributed by atoms with Gasteiger partial charge >= 0.3 is 0 Å². The molecule has 3 nitrogen and oxygen atoms in total. The maximum absolute atomic E-state index is 11.1. The first kappa shape index (κ1) is 24.7. The number of Topliss-reactive ketones (excluding diaryl/α,β-unsaturated/α-hetero) is 1. The first-order valence-electron chi connectivity index (χ1n) is 9.83. The van der Waals surface area contributed by atoms with Gasteiger partial charge in [-0.15, -0.1) is 0 Å². The number of hydrogen-bond donors (Lipinski definition) is 1. The van der Waals surface area contributed by atoms with Crippen LogP contribution in [0.25, 0.3) is 0 Å². The summed E-state index contributed by atoms with van der Waals surface area (Å²) in [6.45, 7) is 10.1. The third kappa shape index (κ3) is 11.8. The maximum Gasteiger partial charge on any atom is 0.130 e. The highest BCUT2D eigenvalue weighted by Crippen LogP contribution is 2.25. The third-order valence-electron chi connectivity index (χ3n) is 3.84. The topological polar surface area (TPSA) is 52.3 Å². The van der Waals surface area contributed by atoms with Crippen LogP contribution in [0.5, 0.6) is 5.75 Å². The Morgan fingerprint density at radius 2 is 1.52 bits per heavy atom. The molecule has 0 aliphatic carbocycles. The van der Waals surface area contributed by atoms with Gasteiger partial charge in [-0.1, -0.05) is 63.4 Å². The number of rotatable bonds is 6. The molecule has 0 heterocycles. The summed E-state index contributed by atoms with van der Waals surface area (Å²) in [5.74, 6) is 1.53. The van der Waals surface area contributed by atoms with Gasteiger partial charge in [0.2, 0.25) is 0 Å². The number of hydrogen-bond acceptors (Lipinski definition) is 3. The fourth-order valence-corrected chi connectivity index (χ4v) is 2.52. The van der Waals surface area contributed by atoms with Crippen molar-refractivity contribution in [1.82, 2.24) is 0 Å². The molecule has 0 bridgehead atoms. The second-order valence-corrected chi connectivity index (χ2v) is 6.78. The predicted molar refractivity (Wildman–Crippen MR) is 117 cm³/mol. The molecule has 2 aromatic carbocycles. The molecule has 0 aromatic heterocycles. The molecule has 2 N–H and O–H groups in total. The Bertz CT molecular complexity index is 618. The normalized spacial score (nSPS) is 10.6. The number of ketones is 1. The number of methoxy groups -OCH3 is 1. The van der Waals surface area contributed by atoms with Crippen LogP contribution in [0.1, 0.15) is 70.4 Å². The molecule has 2 aromatic rings. The van der Waals surface area contributed by atoms with Crippen molar-refractivity contribution in [1.29, 1.82) is 0 Å². The van der Waals surface area contributed by atoms with Crippen molar-refractivity contribution in [2.24, 2.45) is 0 Å². The number of ether oxygens (including phenoxy) is 1. The molecule has 0 amide bonds. The molecular formula is C24H37NO2. The van der Waals surface area contributed by atoms with Crippen LogP contribution in [0.4, 0.5) is 5.69 Å². The van der Waals surface area contributed by atoms with Crippen molar-refractivity contribution >= 4 is 11.5 Å². The molecule has 1 atom stereocenters. The molecular weight excluding hydrogens is 334 g/mol. The van der Waals surface area contributed by atoms with Gasteiger partial charge in [0.05, 0.1) is 7.11 Å². The molecule has 3 heteroatoms. The Morgan fingerprint density at radius 1 is 1.00 bits per heavy atom. The minimum absolute atomic E-state index is 0.255. The van der Waals surface area contributed by atoms with Gasteiger partial charge in [0.1, 0.15) is 11.5 Å². The SMILES string of the molecule is CCC.CCCC(CC(C)=O)c1ccc(N)cc1.COc1ccc(C)cc1. The Kier molecular flexibility index (Phi) is 13.6. The number of nitrogen functional groups attached to an aromatic ring is 1. The Morgan fingerprint density at radius 3 is 1.93 bits per heavy atom. The lowest BCUT2D eigenvalue weighted by molar-refractivity contribution is -0.117. The standard InChI is InChI=1S/C13H19NO.C8H10O.C3H8/c1-3-4-12(9-10(2)15)11-5-7-13(14)8-6-11;1-7-3-5-8(9-2)6-4-7;1-3-2/h5-8,12H,3-4,9,14H2,1-2H3;3-6H,1-2H3;3H2,1-2H3. The number of benzene rings is 2. The fraction of sp³-hybridized carbons (Fsp3) is 0.458. The Hall–Kier alpha value is -2.29. The van der Waals surface area contributed by atoms with Gasteiger partial charge in [0, 0.05) is 12.1 Å². The summed E-state index contributed by atoms with van der Waals surface area (Å²) < 4.78 is 4.97. The molecule has 150 valence electrons. The third-order valence-corrected chi connectivity index (χ3v) is 3.84. The number of carbonyl (C=O) groups excluding carboxylic acids is 1. The van der Waals surface area contributed by atoms with E-state index in [9.17, 15) is 4.79 Å². The number of carbonyl (C=O) groups is 1.